The number of aromatic nitrogens is 2. The first-order valence-corrected chi connectivity index (χ1v) is 7.99. The van der Waals surface area contributed by atoms with Crippen LogP contribution in [0, 0.1) is 5.92 Å². The van der Waals surface area contributed by atoms with Crippen LogP contribution in [0.5, 0.6) is 0 Å². The summed E-state index contributed by atoms with van der Waals surface area (Å²) in [5, 5.41) is 15.7. The van der Waals surface area contributed by atoms with E-state index in [4.69, 9.17) is 0 Å². The molecule has 3 heterocycles. The van der Waals surface area contributed by atoms with Gasteiger partial charge in [0.15, 0.2) is 0 Å². The van der Waals surface area contributed by atoms with Gasteiger partial charge in [0, 0.05) is 19.7 Å². The number of aliphatic hydroxyl groups excluding tert-OH is 1. The quantitative estimate of drug-likeness (QED) is 0.882. The zero-order chi connectivity index (χ0) is 13.9. The fraction of sp³-hybridized carbons (Fsp3) is 0.571. The fourth-order valence-electron chi connectivity index (χ4n) is 2.68. The lowest BCUT2D eigenvalue weighted by atomic mass is 10.1. The van der Waals surface area contributed by atoms with Crippen molar-refractivity contribution in [2.24, 2.45) is 5.92 Å². The molecule has 1 saturated heterocycles. The van der Waals surface area contributed by atoms with Crippen molar-refractivity contribution in [1.29, 1.82) is 0 Å². The number of hydrogen-bond donors (Lipinski definition) is 2. The van der Waals surface area contributed by atoms with Crippen molar-refractivity contribution in [2.75, 3.05) is 31.6 Å². The van der Waals surface area contributed by atoms with E-state index in [0.29, 0.717) is 5.92 Å². The lowest BCUT2D eigenvalue weighted by molar-refractivity contribution is 0.219. The molecule has 5 nitrogen and oxygen atoms in total. The Morgan fingerprint density at radius 1 is 1.50 bits per heavy atom. The molecule has 2 aromatic heterocycles. The molecule has 0 aliphatic carbocycles. The molecule has 0 radical (unpaired) electrons. The molecule has 3 rings (SSSR count). The molecule has 108 valence electrons. The molecule has 1 aliphatic heterocycles. The highest BCUT2D eigenvalue weighted by Crippen LogP contribution is 2.26. The summed E-state index contributed by atoms with van der Waals surface area (Å²) in [7, 11) is 0. The minimum Gasteiger partial charge on any atom is -0.396 e. The van der Waals surface area contributed by atoms with Gasteiger partial charge in [-0.2, -0.15) is 0 Å². The predicted octanol–water partition coefficient (Wildman–Crippen LogP) is 1.94. The molecule has 1 unspecified atom stereocenters. The number of nitrogens with zero attached hydrogens (tertiary/aromatic N) is 3. The van der Waals surface area contributed by atoms with Gasteiger partial charge in [-0.05, 0) is 37.3 Å². The van der Waals surface area contributed by atoms with Crippen molar-refractivity contribution in [3.05, 3.63) is 17.3 Å². The summed E-state index contributed by atoms with van der Waals surface area (Å²) in [6.07, 6.45) is 1.07. The topological polar surface area (TPSA) is 61.3 Å². The Labute approximate surface area is 122 Å². The third-order valence-electron chi connectivity index (χ3n) is 3.71. The summed E-state index contributed by atoms with van der Waals surface area (Å²) >= 11 is 1.65. The number of nitrogens with one attached hydrogen (secondary N) is 1. The Hall–Kier alpha value is -1.24. The van der Waals surface area contributed by atoms with E-state index in [-0.39, 0.29) is 6.61 Å². The summed E-state index contributed by atoms with van der Waals surface area (Å²) in [6.45, 7) is 5.95. The van der Waals surface area contributed by atoms with E-state index in [0.717, 1.165) is 54.5 Å². The molecule has 2 N–H and O–H groups in total. The summed E-state index contributed by atoms with van der Waals surface area (Å²) < 4.78 is 0. The molecule has 2 aromatic rings. The number of fused-ring (bicyclic) bond motifs is 1. The lowest BCUT2D eigenvalue weighted by Gasteiger charge is -2.15. The van der Waals surface area contributed by atoms with Crippen LogP contribution >= 0.6 is 11.3 Å². The highest BCUT2D eigenvalue weighted by molar-refractivity contribution is 7.16. The van der Waals surface area contributed by atoms with Gasteiger partial charge in [-0.15, -0.1) is 11.3 Å². The second-order valence-electron chi connectivity index (χ2n) is 5.23. The molecule has 6 heteroatoms. The second-order valence-corrected chi connectivity index (χ2v) is 6.13. The Morgan fingerprint density at radius 2 is 2.40 bits per heavy atom. The molecule has 0 saturated carbocycles. The van der Waals surface area contributed by atoms with Crippen LogP contribution in [0.25, 0.3) is 10.2 Å². The van der Waals surface area contributed by atoms with E-state index in [2.05, 4.69) is 38.6 Å². The first-order valence-electron chi connectivity index (χ1n) is 7.11. The average molecular weight is 292 g/mol. The number of anilines is 1. The van der Waals surface area contributed by atoms with Crippen LogP contribution in [0.4, 0.5) is 5.82 Å². The van der Waals surface area contributed by atoms with Gasteiger partial charge in [0.1, 0.15) is 16.5 Å². The van der Waals surface area contributed by atoms with Gasteiger partial charge >= 0.3 is 0 Å². The largest absolute Gasteiger partial charge is 0.396 e. The number of aliphatic hydroxyl groups is 1. The smallest absolute Gasteiger partial charge is 0.146 e. The van der Waals surface area contributed by atoms with Crippen molar-refractivity contribution < 1.29 is 5.11 Å². The number of thiophene rings is 1. The Kier molecular flexibility index (Phi) is 4.14. The van der Waals surface area contributed by atoms with Crippen molar-refractivity contribution in [2.45, 2.75) is 19.9 Å². The van der Waals surface area contributed by atoms with Gasteiger partial charge < -0.3 is 10.4 Å². The zero-order valence-corrected chi connectivity index (χ0v) is 12.5. The van der Waals surface area contributed by atoms with Crippen LogP contribution in [0.1, 0.15) is 19.2 Å². The molecule has 20 heavy (non-hydrogen) atoms. The Bertz CT molecular complexity index is 586. The van der Waals surface area contributed by atoms with E-state index in [1.807, 2.05) is 0 Å². The van der Waals surface area contributed by atoms with E-state index in [1.165, 1.54) is 0 Å². The van der Waals surface area contributed by atoms with Gasteiger partial charge in [0.25, 0.3) is 0 Å². The predicted molar refractivity (Wildman–Crippen MR) is 82.0 cm³/mol. The monoisotopic (exact) mass is 292 g/mol. The van der Waals surface area contributed by atoms with Crippen LogP contribution in [-0.2, 0) is 6.54 Å². The molecular formula is C14H20N4OS. The number of hydrogen-bond acceptors (Lipinski definition) is 6. The minimum absolute atomic E-state index is 0.282. The van der Waals surface area contributed by atoms with Crippen molar-refractivity contribution in [3.63, 3.8) is 0 Å². The van der Waals surface area contributed by atoms with Gasteiger partial charge in [-0.25, -0.2) is 9.97 Å². The molecule has 1 fully saturated rings. The van der Waals surface area contributed by atoms with Crippen LogP contribution in [0.2, 0.25) is 0 Å². The maximum atomic E-state index is 9.21. The minimum atomic E-state index is 0.282. The van der Waals surface area contributed by atoms with E-state index in [1.54, 1.807) is 11.3 Å². The normalized spacial score (nSPS) is 19.8. The average Bonchev–Trinajstić information content (AvgIpc) is 3.07. The highest BCUT2D eigenvalue weighted by Gasteiger charge is 2.22. The molecule has 1 atom stereocenters. The fourth-order valence-corrected chi connectivity index (χ4v) is 3.46. The van der Waals surface area contributed by atoms with E-state index >= 15 is 0 Å². The number of likely N-dealkylation sites (tertiary alicyclic amines) is 1. The second kappa shape index (κ2) is 6.03. The summed E-state index contributed by atoms with van der Waals surface area (Å²) in [5.74, 6) is 2.22. The molecule has 1 aliphatic rings. The van der Waals surface area contributed by atoms with Crippen molar-refractivity contribution in [1.82, 2.24) is 14.9 Å². The van der Waals surface area contributed by atoms with Gasteiger partial charge in [-0.1, -0.05) is 0 Å². The van der Waals surface area contributed by atoms with Crippen molar-refractivity contribution in [3.8, 4) is 0 Å². The first-order chi connectivity index (χ1) is 9.80. The van der Waals surface area contributed by atoms with Gasteiger partial charge in [0.2, 0.25) is 0 Å². The Balaban J connectivity index is 1.81. The van der Waals surface area contributed by atoms with Crippen molar-refractivity contribution >= 4 is 27.4 Å². The molecule has 0 spiro atoms. The molecule has 0 amide bonds. The van der Waals surface area contributed by atoms with Crippen LogP contribution < -0.4 is 5.32 Å². The van der Waals surface area contributed by atoms with Crippen LogP contribution in [0.15, 0.2) is 11.4 Å². The molecular weight excluding hydrogens is 272 g/mol. The highest BCUT2D eigenvalue weighted by atomic mass is 32.1. The van der Waals surface area contributed by atoms with E-state index < -0.39 is 0 Å². The van der Waals surface area contributed by atoms with E-state index in [9.17, 15) is 5.11 Å². The summed E-state index contributed by atoms with van der Waals surface area (Å²) in [5.41, 5.74) is 0. The van der Waals surface area contributed by atoms with Crippen LogP contribution in [-0.4, -0.2) is 46.2 Å². The Morgan fingerprint density at radius 3 is 3.15 bits per heavy atom. The summed E-state index contributed by atoms with van der Waals surface area (Å²) in [4.78, 5) is 12.7. The maximum Gasteiger partial charge on any atom is 0.146 e. The third-order valence-corrected chi connectivity index (χ3v) is 4.52. The standard InChI is InChI=1S/C14H20N4OS/c1-2-15-13-11-4-6-20-14(11)17-12(16-13)8-18-5-3-10(7-18)9-19/h4,6,10,19H,2-3,5,7-9H2,1H3,(H,15,16,17). The first kappa shape index (κ1) is 13.7. The zero-order valence-electron chi connectivity index (χ0n) is 11.7. The SMILES string of the molecule is CCNc1nc(CN2CCC(CO)C2)nc2sccc12. The summed E-state index contributed by atoms with van der Waals surface area (Å²) in [6, 6.07) is 2.07. The van der Waals surface area contributed by atoms with Crippen LogP contribution in [0.3, 0.4) is 0 Å². The molecule has 0 aromatic carbocycles. The van der Waals surface area contributed by atoms with Gasteiger partial charge in [0.05, 0.1) is 11.9 Å². The number of rotatable bonds is 5. The molecule has 0 bridgehead atoms. The lowest BCUT2D eigenvalue weighted by Crippen LogP contribution is -2.22. The van der Waals surface area contributed by atoms with Gasteiger partial charge in [-0.3, -0.25) is 4.90 Å². The third kappa shape index (κ3) is 2.77. The maximum absolute atomic E-state index is 9.21.